The van der Waals surface area contributed by atoms with Crippen LogP contribution in [0.25, 0.3) is 10.1 Å². The molecule has 1 heterocycles. The fraction of sp³-hybridized carbons (Fsp3) is 0.100. The topological polar surface area (TPSA) is 63.3 Å². The minimum Gasteiger partial charge on any atom is -0.480 e. The van der Waals surface area contributed by atoms with E-state index < -0.39 is 12.0 Å². The average Bonchev–Trinajstić information content (AvgIpc) is 2.56. The largest absolute Gasteiger partial charge is 0.480 e. The molecule has 0 aliphatic heterocycles. The highest BCUT2D eigenvalue weighted by Gasteiger charge is 2.21. The molecule has 0 radical (unpaired) electrons. The van der Waals surface area contributed by atoms with Crippen LogP contribution in [0.2, 0.25) is 5.02 Å². The fourth-order valence-corrected chi connectivity index (χ4v) is 2.89. The van der Waals surface area contributed by atoms with Gasteiger partial charge in [-0.25, -0.2) is 0 Å². The summed E-state index contributed by atoms with van der Waals surface area (Å²) in [6, 6.07) is 6.44. The van der Waals surface area contributed by atoms with Gasteiger partial charge >= 0.3 is 5.97 Å². The molecular formula is C10H8ClNO2S. The third-order valence-electron chi connectivity index (χ3n) is 2.11. The Bertz CT molecular complexity index is 523. The predicted octanol–water partition coefficient (Wildman–Crippen LogP) is 2.64. The first-order chi connectivity index (χ1) is 7.11. The van der Waals surface area contributed by atoms with E-state index >= 15 is 0 Å². The van der Waals surface area contributed by atoms with Crippen molar-refractivity contribution in [2.75, 3.05) is 0 Å². The number of benzene rings is 1. The van der Waals surface area contributed by atoms with Crippen molar-refractivity contribution in [2.45, 2.75) is 6.04 Å². The molecule has 78 valence electrons. The van der Waals surface area contributed by atoms with Gasteiger partial charge in [0.05, 0.1) is 9.90 Å². The standard InChI is InChI=1S/C10H8ClNO2S/c11-7-5-3-1-2-4-6(5)15-9(7)8(12)10(13)14/h1-4,8H,12H2,(H,13,14). The number of carboxylic acid groups (broad SMARTS) is 1. The van der Waals surface area contributed by atoms with Crippen LogP contribution in [0.1, 0.15) is 10.9 Å². The Hall–Kier alpha value is -1.10. The zero-order valence-corrected chi connectivity index (χ0v) is 9.18. The number of hydrogen-bond acceptors (Lipinski definition) is 3. The molecule has 0 saturated carbocycles. The second kappa shape index (κ2) is 3.81. The van der Waals surface area contributed by atoms with Crippen LogP contribution in [0, 0.1) is 0 Å². The van der Waals surface area contributed by atoms with Gasteiger partial charge in [-0.2, -0.15) is 0 Å². The van der Waals surface area contributed by atoms with Gasteiger partial charge in [0, 0.05) is 10.1 Å². The molecule has 5 heteroatoms. The summed E-state index contributed by atoms with van der Waals surface area (Å²) in [5.74, 6) is -1.07. The summed E-state index contributed by atoms with van der Waals surface area (Å²) in [6.45, 7) is 0. The highest BCUT2D eigenvalue weighted by atomic mass is 35.5. The third kappa shape index (κ3) is 1.71. The Morgan fingerprint density at radius 2 is 2.13 bits per heavy atom. The van der Waals surface area contributed by atoms with E-state index in [1.54, 1.807) is 0 Å². The van der Waals surface area contributed by atoms with Crippen LogP contribution in [-0.4, -0.2) is 11.1 Å². The van der Waals surface area contributed by atoms with Crippen LogP contribution in [0.3, 0.4) is 0 Å². The van der Waals surface area contributed by atoms with Gasteiger partial charge in [0.1, 0.15) is 6.04 Å². The van der Waals surface area contributed by atoms with Gasteiger partial charge in [-0.05, 0) is 6.07 Å². The Labute approximate surface area is 95.1 Å². The molecule has 1 aromatic carbocycles. The van der Waals surface area contributed by atoms with Crippen molar-refractivity contribution in [3.8, 4) is 0 Å². The van der Waals surface area contributed by atoms with Gasteiger partial charge in [0.25, 0.3) is 0 Å². The number of carbonyl (C=O) groups is 1. The lowest BCUT2D eigenvalue weighted by Crippen LogP contribution is -2.19. The third-order valence-corrected chi connectivity index (χ3v) is 3.88. The summed E-state index contributed by atoms with van der Waals surface area (Å²) >= 11 is 7.39. The number of aliphatic carboxylic acids is 1. The van der Waals surface area contributed by atoms with Gasteiger partial charge in [-0.1, -0.05) is 29.8 Å². The molecule has 2 aromatic rings. The highest BCUT2D eigenvalue weighted by Crippen LogP contribution is 2.37. The summed E-state index contributed by atoms with van der Waals surface area (Å²) in [5, 5.41) is 10.1. The Morgan fingerprint density at radius 1 is 1.47 bits per heavy atom. The van der Waals surface area contributed by atoms with E-state index in [9.17, 15) is 4.79 Å². The predicted molar refractivity (Wildman–Crippen MR) is 61.4 cm³/mol. The van der Waals surface area contributed by atoms with Crippen LogP contribution < -0.4 is 5.73 Å². The lowest BCUT2D eigenvalue weighted by Gasteiger charge is -2.02. The molecule has 0 fully saturated rings. The van der Waals surface area contributed by atoms with Crippen molar-refractivity contribution in [3.63, 3.8) is 0 Å². The highest BCUT2D eigenvalue weighted by molar-refractivity contribution is 7.20. The maximum absolute atomic E-state index is 10.8. The van der Waals surface area contributed by atoms with Gasteiger partial charge in [-0.3, -0.25) is 4.79 Å². The molecule has 3 N–H and O–H groups in total. The summed E-state index contributed by atoms with van der Waals surface area (Å²) in [5.41, 5.74) is 5.53. The van der Waals surface area contributed by atoms with Crippen LogP contribution >= 0.6 is 22.9 Å². The van der Waals surface area contributed by atoms with Crippen molar-refractivity contribution >= 4 is 39.0 Å². The number of fused-ring (bicyclic) bond motifs is 1. The van der Waals surface area contributed by atoms with E-state index in [1.165, 1.54) is 11.3 Å². The molecule has 15 heavy (non-hydrogen) atoms. The molecule has 2 rings (SSSR count). The normalized spacial score (nSPS) is 12.9. The first-order valence-corrected chi connectivity index (χ1v) is 5.46. The van der Waals surface area contributed by atoms with Crippen LogP contribution in [-0.2, 0) is 4.79 Å². The van der Waals surface area contributed by atoms with E-state index in [-0.39, 0.29) is 0 Å². The van der Waals surface area contributed by atoms with Gasteiger partial charge in [0.2, 0.25) is 0 Å². The van der Waals surface area contributed by atoms with Crippen LogP contribution in [0.4, 0.5) is 0 Å². The zero-order valence-electron chi connectivity index (χ0n) is 7.61. The Morgan fingerprint density at radius 3 is 2.73 bits per heavy atom. The second-order valence-corrected chi connectivity index (χ2v) is 4.55. The molecule has 0 aliphatic rings. The van der Waals surface area contributed by atoms with Crippen molar-refractivity contribution in [1.82, 2.24) is 0 Å². The van der Waals surface area contributed by atoms with E-state index in [0.717, 1.165) is 10.1 Å². The quantitative estimate of drug-likeness (QED) is 0.850. The average molecular weight is 242 g/mol. The smallest absolute Gasteiger partial charge is 0.326 e. The molecule has 1 unspecified atom stereocenters. The summed E-state index contributed by atoms with van der Waals surface area (Å²) < 4.78 is 0.953. The van der Waals surface area contributed by atoms with Crippen molar-refractivity contribution in [1.29, 1.82) is 0 Å². The zero-order chi connectivity index (χ0) is 11.0. The number of thiophene rings is 1. The second-order valence-electron chi connectivity index (χ2n) is 3.09. The summed E-state index contributed by atoms with van der Waals surface area (Å²) in [6.07, 6.45) is 0. The monoisotopic (exact) mass is 241 g/mol. The maximum atomic E-state index is 10.8. The molecule has 0 spiro atoms. The molecule has 1 aromatic heterocycles. The minimum atomic E-state index is -1.07. The summed E-state index contributed by atoms with van der Waals surface area (Å²) in [7, 11) is 0. The SMILES string of the molecule is NC(C(=O)O)c1sc2ccccc2c1Cl. The molecule has 0 saturated heterocycles. The van der Waals surface area contributed by atoms with Crippen molar-refractivity contribution in [2.24, 2.45) is 5.73 Å². The Kier molecular flexibility index (Phi) is 2.65. The van der Waals surface area contributed by atoms with E-state index in [2.05, 4.69) is 0 Å². The number of rotatable bonds is 2. The van der Waals surface area contributed by atoms with Crippen molar-refractivity contribution < 1.29 is 9.90 Å². The van der Waals surface area contributed by atoms with Crippen molar-refractivity contribution in [3.05, 3.63) is 34.2 Å². The minimum absolute atomic E-state index is 0.450. The molecule has 3 nitrogen and oxygen atoms in total. The molecule has 1 atom stereocenters. The molecule has 0 bridgehead atoms. The van der Waals surface area contributed by atoms with Crippen LogP contribution in [0.15, 0.2) is 24.3 Å². The first kappa shape index (κ1) is 10.4. The van der Waals surface area contributed by atoms with E-state index in [1.807, 2.05) is 24.3 Å². The number of hydrogen-bond donors (Lipinski definition) is 2. The molecule has 0 amide bonds. The lowest BCUT2D eigenvalue weighted by atomic mass is 10.2. The Balaban J connectivity index is 2.63. The first-order valence-electron chi connectivity index (χ1n) is 4.26. The van der Waals surface area contributed by atoms with Gasteiger partial charge in [0.15, 0.2) is 0 Å². The maximum Gasteiger partial charge on any atom is 0.326 e. The number of carboxylic acids is 1. The summed E-state index contributed by atoms with van der Waals surface area (Å²) in [4.78, 5) is 11.3. The molecular weight excluding hydrogens is 234 g/mol. The van der Waals surface area contributed by atoms with Crippen LogP contribution in [0.5, 0.6) is 0 Å². The molecule has 0 aliphatic carbocycles. The van der Waals surface area contributed by atoms with E-state index in [0.29, 0.717) is 9.90 Å². The van der Waals surface area contributed by atoms with Gasteiger partial charge < -0.3 is 10.8 Å². The van der Waals surface area contributed by atoms with E-state index in [4.69, 9.17) is 22.4 Å². The fourth-order valence-electron chi connectivity index (χ4n) is 1.35. The lowest BCUT2D eigenvalue weighted by molar-refractivity contribution is -0.138. The van der Waals surface area contributed by atoms with Gasteiger partial charge in [-0.15, -0.1) is 11.3 Å². The number of nitrogens with two attached hydrogens (primary N) is 1. The number of halogens is 1.